The minimum absolute atomic E-state index is 0.106. The summed E-state index contributed by atoms with van der Waals surface area (Å²) < 4.78 is 5.30. The Morgan fingerprint density at radius 1 is 1.52 bits per heavy atom. The molecule has 6 heteroatoms. The van der Waals surface area contributed by atoms with E-state index in [1.54, 1.807) is 11.6 Å². The van der Waals surface area contributed by atoms with E-state index in [0.717, 1.165) is 18.0 Å². The van der Waals surface area contributed by atoms with Crippen molar-refractivity contribution in [3.05, 3.63) is 29.5 Å². The number of nitrogens with one attached hydrogen (secondary N) is 1. The third kappa shape index (κ3) is 4.20. The number of hydrogen-bond donors (Lipinski definition) is 1. The molecule has 1 unspecified atom stereocenters. The number of rotatable bonds is 6. The van der Waals surface area contributed by atoms with Crippen molar-refractivity contribution in [1.82, 2.24) is 15.2 Å². The number of carbonyl (C=O) groups excluding carboxylic acids is 1. The zero-order valence-corrected chi connectivity index (χ0v) is 14.3. The van der Waals surface area contributed by atoms with Crippen molar-refractivity contribution < 1.29 is 9.21 Å². The number of furan rings is 1. The van der Waals surface area contributed by atoms with E-state index in [9.17, 15) is 4.79 Å². The van der Waals surface area contributed by atoms with Gasteiger partial charge in [0.2, 0.25) is 0 Å². The van der Waals surface area contributed by atoms with Crippen LogP contribution in [0.4, 0.5) is 0 Å². The van der Waals surface area contributed by atoms with E-state index in [-0.39, 0.29) is 5.91 Å². The number of nitrogens with zero attached hydrogens (tertiary/aromatic N) is 2. The fourth-order valence-corrected chi connectivity index (χ4v) is 3.72. The average Bonchev–Trinajstić information content (AvgIpc) is 3.23. The van der Waals surface area contributed by atoms with Crippen LogP contribution >= 0.6 is 11.3 Å². The lowest BCUT2D eigenvalue weighted by atomic mass is 10.0. The Labute approximate surface area is 140 Å². The number of carbonyl (C=O) groups is 1. The van der Waals surface area contributed by atoms with E-state index in [1.807, 2.05) is 12.1 Å². The van der Waals surface area contributed by atoms with Crippen LogP contribution in [0.25, 0.3) is 10.8 Å². The number of amides is 1. The summed E-state index contributed by atoms with van der Waals surface area (Å²) in [6, 6.07) is 4.34. The lowest BCUT2D eigenvalue weighted by Gasteiger charge is -2.33. The zero-order chi connectivity index (χ0) is 16.1. The summed E-state index contributed by atoms with van der Waals surface area (Å²) in [7, 11) is 0. The lowest BCUT2D eigenvalue weighted by Crippen LogP contribution is -2.39. The number of aromatic nitrogens is 1. The van der Waals surface area contributed by atoms with Gasteiger partial charge in [-0.1, -0.05) is 6.42 Å². The van der Waals surface area contributed by atoms with Gasteiger partial charge < -0.3 is 14.6 Å². The molecule has 3 heterocycles. The molecule has 1 N–H and O–H groups in total. The number of hydrogen-bond acceptors (Lipinski definition) is 5. The Morgan fingerprint density at radius 3 is 3.22 bits per heavy atom. The molecule has 23 heavy (non-hydrogen) atoms. The van der Waals surface area contributed by atoms with E-state index in [4.69, 9.17) is 4.42 Å². The number of thiazole rings is 1. The highest BCUT2D eigenvalue weighted by molar-refractivity contribution is 7.13. The minimum Gasteiger partial charge on any atom is -0.462 e. The van der Waals surface area contributed by atoms with Crippen LogP contribution in [0.1, 0.15) is 43.1 Å². The fourth-order valence-electron chi connectivity index (χ4n) is 2.96. The molecule has 0 spiro atoms. The first-order valence-electron chi connectivity index (χ1n) is 8.25. The number of likely N-dealkylation sites (tertiary alicyclic amines) is 1. The van der Waals surface area contributed by atoms with Gasteiger partial charge in [-0.15, -0.1) is 11.3 Å². The SMILES string of the molecule is CC1CCCCN1CCCNC(=O)c1csc(-c2ccco2)n1. The highest BCUT2D eigenvalue weighted by Gasteiger charge is 2.17. The molecular weight excluding hydrogens is 310 g/mol. The van der Waals surface area contributed by atoms with E-state index >= 15 is 0 Å². The van der Waals surface area contributed by atoms with Gasteiger partial charge in [0.15, 0.2) is 10.8 Å². The van der Waals surface area contributed by atoms with Crippen LogP contribution in [0, 0.1) is 0 Å². The number of piperidine rings is 1. The first kappa shape index (κ1) is 16.2. The van der Waals surface area contributed by atoms with Crippen molar-refractivity contribution in [3.63, 3.8) is 0 Å². The van der Waals surface area contributed by atoms with Crippen LogP contribution in [0.15, 0.2) is 28.2 Å². The highest BCUT2D eigenvalue weighted by Crippen LogP contribution is 2.23. The van der Waals surface area contributed by atoms with Gasteiger partial charge in [-0.05, 0) is 44.9 Å². The van der Waals surface area contributed by atoms with Crippen molar-refractivity contribution in [2.24, 2.45) is 0 Å². The van der Waals surface area contributed by atoms with E-state index in [1.165, 1.54) is 37.1 Å². The van der Waals surface area contributed by atoms with Crippen LogP contribution in [0.3, 0.4) is 0 Å². The Balaban J connectivity index is 1.43. The minimum atomic E-state index is -0.106. The van der Waals surface area contributed by atoms with Gasteiger partial charge in [0.1, 0.15) is 5.69 Å². The summed E-state index contributed by atoms with van der Waals surface area (Å²) in [5.41, 5.74) is 0.466. The third-order valence-corrected chi connectivity index (χ3v) is 5.17. The molecule has 1 aliphatic heterocycles. The van der Waals surface area contributed by atoms with Gasteiger partial charge in [-0.3, -0.25) is 4.79 Å². The van der Waals surface area contributed by atoms with E-state index < -0.39 is 0 Å². The molecule has 0 aromatic carbocycles. The summed E-state index contributed by atoms with van der Waals surface area (Å²) in [6.45, 7) is 5.22. The quantitative estimate of drug-likeness (QED) is 0.823. The maximum Gasteiger partial charge on any atom is 0.270 e. The van der Waals surface area contributed by atoms with Gasteiger partial charge in [-0.2, -0.15) is 0 Å². The third-order valence-electron chi connectivity index (χ3n) is 4.32. The van der Waals surface area contributed by atoms with Crippen LogP contribution < -0.4 is 5.32 Å². The molecule has 0 bridgehead atoms. The van der Waals surface area contributed by atoms with Crippen LogP contribution in [0.5, 0.6) is 0 Å². The lowest BCUT2D eigenvalue weighted by molar-refractivity contribution is 0.0944. The summed E-state index contributed by atoms with van der Waals surface area (Å²) >= 11 is 1.42. The van der Waals surface area contributed by atoms with E-state index in [2.05, 4.69) is 22.1 Å². The second kappa shape index (κ2) is 7.75. The Bertz CT molecular complexity index is 624. The van der Waals surface area contributed by atoms with Crippen molar-refractivity contribution in [1.29, 1.82) is 0 Å². The standard InChI is InChI=1S/C17H23N3O2S/c1-13-6-2-3-9-20(13)10-5-8-18-16(21)14-12-23-17(19-14)15-7-4-11-22-15/h4,7,11-13H,2-3,5-6,8-10H2,1H3,(H,18,21). The fraction of sp³-hybridized carbons (Fsp3) is 0.529. The Morgan fingerprint density at radius 2 is 2.43 bits per heavy atom. The monoisotopic (exact) mass is 333 g/mol. The summed E-state index contributed by atoms with van der Waals surface area (Å²) in [6.07, 6.45) is 6.52. The second-order valence-corrected chi connectivity index (χ2v) is 6.86. The summed E-state index contributed by atoms with van der Waals surface area (Å²) in [5.74, 6) is 0.596. The van der Waals surface area contributed by atoms with Crippen LogP contribution in [-0.2, 0) is 0 Å². The maximum absolute atomic E-state index is 12.1. The molecule has 3 rings (SSSR count). The van der Waals surface area contributed by atoms with E-state index in [0.29, 0.717) is 24.0 Å². The van der Waals surface area contributed by atoms with Crippen molar-refractivity contribution in [2.75, 3.05) is 19.6 Å². The molecule has 5 nitrogen and oxygen atoms in total. The molecular formula is C17H23N3O2S. The molecule has 1 saturated heterocycles. The van der Waals surface area contributed by atoms with Gasteiger partial charge in [0.05, 0.1) is 6.26 Å². The molecule has 124 valence electrons. The van der Waals surface area contributed by atoms with Crippen molar-refractivity contribution >= 4 is 17.2 Å². The largest absolute Gasteiger partial charge is 0.462 e. The molecule has 0 saturated carbocycles. The van der Waals surface area contributed by atoms with Gasteiger partial charge in [0.25, 0.3) is 5.91 Å². The van der Waals surface area contributed by atoms with Crippen LogP contribution in [0.2, 0.25) is 0 Å². The Hall–Kier alpha value is -1.66. The Kier molecular flexibility index (Phi) is 5.46. The molecule has 0 aliphatic carbocycles. The first-order chi connectivity index (χ1) is 11.2. The van der Waals surface area contributed by atoms with Crippen LogP contribution in [-0.4, -0.2) is 41.5 Å². The predicted molar refractivity (Wildman–Crippen MR) is 91.7 cm³/mol. The van der Waals surface area contributed by atoms with Gasteiger partial charge in [-0.25, -0.2) is 4.98 Å². The summed E-state index contributed by atoms with van der Waals surface area (Å²) in [4.78, 5) is 19.0. The molecule has 1 aliphatic rings. The van der Waals surface area contributed by atoms with Gasteiger partial charge >= 0.3 is 0 Å². The maximum atomic E-state index is 12.1. The smallest absolute Gasteiger partial charge is 0.270 e. The normalized spacial score (nSPS) is 18.9. The predicted octanol–water partition coefficient (Wildman–Crippen LogP) is 3.40. The first-order valence-corrected chi connectivity index (χ1v) is 9.13. The molecule has 2 aromatic heterocycles. The molecule has 2 aromatic rings. The molecule has 1 atom stereocenters. The van der Waals surface area contributed by atoms with Crippen molar-refractivity contribution in [2.45, 2.75) is 38.6 Å². The molecule has 1 fully saturated rings. The molecule has 1 amide bonds. The topological polar surface area (TPSA) is 58.4 Å². The van der Waals surface area contributed by atoms with Crippen molar-refractivity contribution in [3.8, 4) is 10.8 Å². The zero-order valence-electron chi connectivity index (χ0n) is 13.5. The summed E-state index contributed by atoms with van der Waals surface area (Å²) in [5, 5.41) is 5.48. The van der Waals surface area contributed by atoms with Gasteiger partial charge in [0, 0.05) is 24.5 Å². The second-order valence-electron chi connectivity index (χ2n) is 6.01. The molecule has 0 radical (unpaired) electrons. The highest BCUT2D eigenvalue weighted by atomic mass is 32.1. The average molecular weight is 333 g/mol.